The number of amides is 1. The SMILES string of the molecule is CCCn1c(C)cc(/C=C(\C#N)C(=O)Nc2ccccc2SC(F)F)c1C. The monoisotopic (exact) mass is 389 g/mol. The topological polar surface area (TPSA) is 57.8 Å². The van der Waals surface area contributed by atoms with E-state index >= 15 is 0 Å². The molecule has 0 atom stereocenters. The predicted octanol–water partition coefficient (Wildman–Crippen LogP) is 5.38. The van der Waals surface area contributed by atoms with Crippen LogP contribution in [-0.4, -0.2) is 16.2 Å². The molecule has 0 bridgehead atoms. The Morgan fingerprint density at radius 2 is 2.07 bits per heavy atom. The molecule has 2 aromatic rings. The van der Waals surface area contributed by atoms with Gasteiger partial charge in [0.15, 0.2) is 0 Å². The van der Waals surface area contributed by atoms with Crippen molar-refractivity contribution >= 4 is 29.4 Å². The number of carbonyl (C=O) groups is 1. The Hall–Kier alpha value is -2.59. The molecule has 0 fully saturated rings. The molecule has 0 aliphatic carbocycles. The van der Waals surface area contributed by atoms with Crippen molar-refractivity contribution in [3.8, 4) is 6.07 Å². The summed E-state index contributed by atoms with van der Waals surface area (Å²) in [7, 11) is 0. The Kier molecular flexibility index (Phi) is 7.19. The lowest BCUT2D eigenvalue weighted by Crippen LogP contribution is -2.14. The molecule has 0 radical (unpaired) electrons. The number of hydrogen-bond donors (Lipinski definition) is 1. The first kappa shape index (κ1) is 20.7. The number of para-hydroxylation sites is 1. The normalized spacial score (nSPS) is 11.5. The number of anilines is 1. The largest absolute Gasteiger partial charge is 0.349 e. The number of carbonyl (C=O) groups excluding carboxylic acids is 1. The van der Waals surface area contributed by atoms with Crippen molar-refractivity contribution in [1.82, 2.24) is 4.57 Å². The van der Waals surface area contributed by atoms with E-state index in [-0.39, 0.29) is 16.2 Å². The molecule has 1 heterocycles. The average molecular weight is 389 g/mol. The van der Waals surface area contributed by atoms with Gasteiger partial charge in [-0.15, -0.1) is 0 Å². The maximum atomic E-state index is 12.7. The number of rotatable bonds is 7. The maximum absolute atomic E-state index is 12.7. The zero-order valence-corrected chi connectivity index (χ0v) is 16.2. The van der Waals surface area contributed by atoms with Crippen molar-refractivity contribution in [2.24, 2.45) is 0 Å². The number of halogens is 2. The fourth-order valence-electron chi connectivity index (χ4n) is 2.80. The van der Waals surface area contributed by atoms with Crippen LogP contribution in [0.5, 0.6) is 0 Å². The van der Waals surface area contributed by atoms with Crippen molar-refractivity contribution in [2.75, 3.05) is 5.32 Å². The zero-order valence-electron chi connectivity index (χ0n) is 15.4. The van der Waals surface area contributed by atoms with Crippen LogP contribution in [0.4, 0.5) is 14.5 Å². The third-order valence-electron chi connectivity index (χ3n) is 4.08. The van der Waals surface area contributed by atoms with Crippen LogP contribution >= 0.6 is 11.8 Å². The van der Waals surface area contributed by atoms with Crippen LogP contribution < -0.4 is 5.32 Å². The van der Waals surface area contributed by atoms with Crippen LogP contribution in [0, 0.1) is 25.2 Å². The molecular formula is C20H21F2N3OS. The number of aromatic nitrogens is 1. The Labute approximate surface area is 161 Å². The van der Waals surface area contributed by atoms with Crippen molar-refractivity contribution in [2.45, 2.75) is 44.4 Å². The van der Waals surface area contributed by atoms with Gasteiger partial charge >= 0.3 is 0 Å². The fraction of sp³-hybridized carbons (Fsp3) is 0.300. The summed E-state index contributed by atoms with van der Waals surface area (Å²) < 4.78 is 27.5. The minimum Gasteiger partial charge on any atom is -0.349 e. The minimum atomic E-state index is -2.60. The second-order valence-electron chi connectivity index (χ2n) is 5.98. The number of nitriles is 1. The molecule has 2 rings (SSSR count). The molecule has 4 nitrogen and oxygen atoms in total. The molecule has 1 N–H and O–H groups in total. The molecule has 0 aliphatic heterocycles. The van der Waals surface area contributed by atoms with Crippen LogP contribution in [0.15, 0.2) is 40.8 Å². The Morgan fingerprint density at radius 1 is 1.37 bits per heavy atom. The summed E-state index contributed by atoms with van der Waals surface area (Å²) in [6, 6.07) is 10.1. The van der Waals surface area contributed by atoms with E-state index in [1.54, 1.807) is 12.1 Å². The van der Waals surface area contributed by atoms with Gasteiger partial charge in [-0.05, 0) is 50.1 Å². The first-order chi connectivity index (χ1) is 12.9. The van der Waals surface area contributed by atoms with E-state index in [1.165, 1.54) is 18.2 Å². The van der Waals surface area contributed by atoms with Crippen LogP contribution in [0.3, 0.4) is 0 Å². The highest BCUT2D eigenvalue weighted by Gasteiger charge is 2.16. The fourth-order valence-corrected chi connectivity index (χ4v) is 3.40. The Balaban J connectivity index is 2.29. The number of nitrogens with one attached hydrogen (secondary N) is 1. The van der Waals surface area contributed by atoms with Crippen LogP contribution in [0.25, 0.3) is 6.08 Å². The highest BCUT2D eigenvalue weighted by atomic mass is 32.2. The maximum Gasteiger partial charge on any atom is 0.288 e. The van der Waals surface area contributed by atoms with Gasteiger partial charge in [-0.1, -0.05) is 30.8 Å². The van der Waals surface area contributed by atoms with Gasteiger partial charge in [-0.2, -0.15) is 14.0 Å². The molecule has 1 aromatic heterocycles. The van der Waals surface area contributed by atoms with Crippen molar-refractivity contribution in [1.29, 1.82) is 5.26 Å². The van der Waals surface area contributed by atoms with Gasteiger partial charge in [-0.25, -0.2) is 0 Å². The van der Waals surface area contributed by atoms with Gasteiger partial charge in [-0.3, -0.25) is 4.79 Å². The summed E-state index contributed by atoms with van der Waals surface area (Å²) in [4.78, 5) is 12.8. The summed E-state index contributed by atoms with van der Waals surface area (Å²) in [6.45, 7) is 6.86. The number of alkyl halides is 2. The van der Waals surface area contributed by atoms with E-state index in [0.717, 1.165) is 29.9 Å². The van der Waals surface area contributed by atoms with E-state index in [9.17, 15) is 18.8 Å². The molecule has 0 saturated heterocycles. The lowest BCUT2D eigenvalue weighted by molar-refractivity contribution is -0.112. The lowest BCUT2D eigenvalue weighted by atomic mass is 10.1. The molecular weight excluding hydrogens is 368 g/mol. The standard InChI is InChI=1S/C20H21F2N3OS/c1-4-9-25-13(2)10-15(14(25)3)11-16(12-23)19(26)24-17-7-5-6-8-18(17)27-20(21)22/h5-8,10-11,20H,4,9H2,1-3H3,(H,24,26)/b16-11+. The van der Waals surface area contributed by atoms with E-state index in [4.69, 9.17) is 0 Å². The molecule has 142 valence electrons. The summed E-state index contributed by atoms with van der Waals surface area (Å²) in [6.07, 6.45) is 2.51. The van der Waals surface area contributed by atoms with Crippen LogP contribution in [-0.2, 0) is 11.3 Å². The quantitative estimate of drug-likeness (QED) is 0.393. The molecule has 0 spiro atoms. The van der Waals surface area contributed by atoms with E-state index < -0.39 is 11.7 Å². The molecule has 7 heteroatoms. The Bertz CT molecular complexity index is 897. The van der Waals surface area contributed by atoms with E-state index in [0.29, 0.717) is 11.8 Å². The molecule has 0 saturated carbocycles. The number of aryl methyl sites for hydroxylation is 1. The summed E-state index contributed by atoms with van der Waals surface area (Å²) >= 11 is 0.350. The van der Waals surface area contributed by atoms with Gasteiger partial charge < -0.3 is 9.88 Å². The smallest absolute Gasteiger partial charge is 0.288 e. The molecule has 0 unspecified atom stereocenters. The van der Waals surface area contributed by atoms with Crippen molar-refractivity contribution in [3.63, 3.8) is 0 Å². The summed E-state index contributed by atoms with van der Waals surface area (Å²) in [5.74, 6) is -3.22. The molecule has 27 heavy (non-hydrogen) atoms. The highest BCUT2D eigenvalue weighted by molar-refractivity contribution is 7.99. The van der Waals surface area contributed by atoms with Crippen molar-refractivity contribution < 1.29 is 13.6 Å². The molecule has 0 aliphatic rings. The van der Waals surface area contributed by atoms with Gasteiger partial charge in [0.05, 0.1) is 5.69 Å². The Morgan fingerprint density at radius 3 is 2.70 bits per heavy atom. The third kappa shape index (κ3) is 5.20. The van der Waals surface area contributed by atoms with Crippen LogP contribution in [0.1, 0.15) is 30.3 Å². The first-order valence-corrected chi connectivity index (χ1v) is 9.39. The van der Waals surface area contributed by atoms with Gasteiger partial charge in [0.1, 0.15) is 11.6 Å². The summed E-state index contributed by atoms with van der Waals surface area (Å²) in [5.41, 5.74) is 3.00. The van der Waals surface area contributed by atoms with Gasteiger partial charge in [0.2, 0.25) is 0 Å². The molecule has 1 amide bonds. The third-order valence-corrected chi connectivity index (χ3v) is 4.86. The number of thioether (sulfide) groups is 1. The zero-order chi connectivity index (χ0) is 20.0. The van der Waals surface area contributed by atoms with Gasteiger partial charge in [0.25, 0.3) is 11.7 Å². The first-order valence-electron chi connectivity index (χ1n) is 8.51. The highest BCUT2D eigenvalue weighted by Crippen LogP contribution is 2.32. The summed E-state index contributed by atoms with van der Waals surface area (Å²) in [5, 5.41) is 12.0. The second-order valence-corrected chi connectivity index (χ2v) is 7.01. The van der Waals surface area contributed by atoms with Crippen LogP contribution in [0.2, 0.25) is 0 Å². The number of hydrogen-bond acceptors (Lipinski definition) is 3. The second kappa shape index (κ2) is 9.38. The lowest BCUT2D eigenvalue weighted by Gasteiger charge is -2.10. The number of benzene rings is 1. The minimum absolute atomic E-state index is 0.0800. The van der Waals surface area contributed by atoms with E-state index in [1.807, 2.05) is 26.0 Å². The molecule has 1 aromatic carbocycles. The average Bonchev–Trinajstić information content (AvgIpc) is 2.88. The van der Waals surface area contributed by atoms with E-state index in [2.05, 4.69) is 16.8 Å². The van der Waals surface area contributed by atoms with Crippen molar-refractivity contribution in [3.05, 3.63) is 52.9 Å². The number of nitrogens with zero attached hydrogens (tertiary/aromatic N) is 2. The van der Waals surface area contributed by atoms with Gasteiger partial charge in [0, 0.05) is 22.8 Å². The predicted molar refractivity (Wildman–Crippen MR) is 105 cm³/mol.